The lowest BCUT2D eigenvalue weighted by Gasteiger charge is -2.41. The standard InChI is InChI=1S/C18H24N2O3/c1-23-17(22)20-11-8-15(13-20)19-16(21)18(9-5-10-18)12-14-6-3-2-4-7-14/h2-4,6-7,15H,5,8-13H2,1H3,(H,19,21)/t15-/m1/s1. The van der Waals surface area contributed by atoms with E-state index in [0.29, 0.717) is 13.1 Å². The summed E-state index contributed by atoms with van der Waals surface area (Å²) in [5.41, 5.74) is 0.949. The molecule has 5 nitrogen and oxygen atoms in total. The van der Waals surface area contributed by atoms with Crippen LogP contribution in [0.2, 0.25) is 0 Å². The van der Waals surface area contributed by atoms with Gasteiger partial charge in [0.1, 0.15) is 0 Å². The van der Waals surface area contributed by atoms with Crippen molar-refractivity contribution in [3.05, 3.63) is 35.9 Å². The van der Waals surface area contributed by atoms with Crippen molar-refractivity contribution in [2.45, 2.75) is 38.1 Å². The molecule has 1 atom stereocenters. The average Bonchev–Trinajstić information content (AvgIpc) is 2.99. The number of carbonyl (C=O) groups excluding carboxylic acids is 2. The van der Waals surface area contributed by atoms with E-state index in [1.54, 1.807) is 4.90 Å². The van der Waals surface area contributed by atoms with Crippen LogP contribution in [0.5, 0.6) is 0 Å². The lowest BCUT2D eigenvalue weighted by molar-refractivity contribution is -0.136. The third-order valence-corrected chi connectivity index (χ3v) is 5.13. The largest absolute Gasteiger partial charge is 0.453 e. The Morgan fingerprint density at radius 2 is 2.04 bits per heavy atom. The highest BCUT2D eigenvalue weighted by Gasteiger charge is 2.45. The van der Waals surface area contributed by atoms with Crippen molar-refractivity contribution in [1.82, 2.24) is 10.2 Å². The smallest absolute Gasteiger partial charge is 0.409 e. The first-order valence-corrected chi connectivity index (χ1v) is 8.31. The molecule has 0 radical (unpaired) electrons. The van der Waals surface area contributed by atoms with E-state index >= 15 is 0 Å². The molecule has 1 aliphatic carbocycles. The van der Waals surface area contributed by atoms with Crippen LogP contribution in [0.1, 0.15) is 31.2 Å². The molecule has 1 aromatic carbocycles. The van der Waals surface area contributed by atoms with Gasteiger partial charge in [-0.1, -0.05) is 36.8 Å². The summed E-state index contributed by atoms with van der Waals surface area (Å²) in [6.07, 6.45) is 4.28. The Morgan fingerprint density at radius 3 is 2.65 bits per heavy atom. The zero-order valence-electron chi connectivity index (χ0n) is 13.6. The highest BCUT2D eigenvalue weighted by molar-refractivity contribution is 5.84. The number of rotatable bonds is 4. The van der Waals surface area contributed by atoms with Gasteiger partial charge in [-0.15, -0.1) is 0 Å². The van der Waals surface area contributed by atoms with Gasteiger partial charge < -0.3 is 15.0 Å². The molecule has 0 bridgehead atoms. The summed E-state index contributed by atoms with van der Waals surface area (Å²) in [5, 5.41) is 3.16. The van der Waals surface area contributed by atoms with Gasteiger partial charge in [0.2, 0.25) is 5.91 Å². The van der Waals surface area contributed by atoms with Gasteiger partial charge in [0, 0.05) is 19.1 Å². The fraction of sp³-hybridized carbons (Fsp3) is 0.556. The van der Waals surface area contributed by atoms with Crippen LogP contribution >= 0.6 is 0 Å². The van der Waals surface area contributed by atoms with E-state index < -0.39 is 0 Å². The Morgan fingerprint density at radius 1 is 1.30 bits per heavy atom. The minimum atomic E-state index is -0.315. The van der Waals surface area contributed by atoms with Crippen LogP contribution in [0, 0.1) is 5.41 Å². The first-order chi connectivity index (χ1) is 11.1. The summed E-state index contributed by atoms with van der Waals surface area (Å²) in [6, 6.07) is 10.2. The molecule has 1 heterocycles. The highest BCUT2D eigenvalue weighted by atomic mass is 16.5. The van der Waals surface area contributed by atoms with Gasteiger partial charge in [-0.25, -0.2) is 4.79 Å². The second-order valence-corrected chi connectivity index (χ2v) is 6.67. The molecule has 0 unspecified atom stereocenters. The second kappa shape index (κ2) is 6.60. The number of nitrogens with zero attached hydrogens (tertiary/aromatic N) is 1. The maximum Gasteiger partial charge on any atom is 0.409 e. The van der Waals surface area contributed by atoms with Crippen molar-refractivity contribution in [3.63, 3.8) is 0 Å². The van der Waals surface area contributed by atoms with Gasteiger partial charge >= 0.3 is 6.09 Å². The van der Waals surface area contributed by atoms with E-state index in [1.807, 2.05) is 18.2 Å². The number of nitrogens with one attached hydrogen (secondary N) is 1. The topological polar surface area (TPSA) is 58.6 Å². The molecule has 23 heavy (non-hydrogen) atoms. The van der Waals surface area contributed by atoms with E-state index in [-0.39, 0.29) is 23.5 Å². The van der Waals surface area contributed by atoms with E-state index in [1.165, 1.54) is 12.7 Å². The number of carbonyl (C=O) groups is 2. The Balaban J connectivity index is 1.59. The van der Waals surface area contributed by atoms with Crippen LogP contribution in [-0.4, -0.2) is 43.1 Å². The molecular formula is C18H24N2O3. The number of methoxy groups -OCH3 is 1. The van der Waals surface area contributed by atoms with Crippen LogP contribution in [0.25, 0.3) is 0 Å². The summed E-state index contributed by atoms with van der Waals surface area (Å²) < 4.78 is 4.74. The molecule has 1 saturated heterocycles. The van der Waals surface area contributed by atoms with Crippen LogP contribution < -0.4 is 5.32 Å². The van der Waals surface area contributed by atoms with Gasteiger partial charge in [-0.3, -0.25) is 4.79 Å². The summed E-state index contributed by atoms with van der Waals surface area (Å²) in [5.74, 6) is 0.143. The van der Waals surface area contributed by atoms with Crippen LogP contribution in [0.15, 0.2) is 30.3 Å². The average molecular weight is 316 g/mol. The Kier molecular flexibility index (Phi) is 4.55. The van der Waals surface area contributed by atoms with Crippen molar-refractivity contribution in [3.8, 4) is 0 Å². The van der Waals surface area contributed by atoms with Crippen molar-refractivity contribution < 1.29 is 14.3 Å². The van der Waals surface area contributed by atoms with E-state index in [9.17, 15) is 9.59 Å². The number of likely N-dealkylation sites (tertiary alicyclic amines) is 1. The molecule has 3 rings (SSSR count). The molecule has 2 amide bonds. The van der Waals surface area contributed by atoms with Crippen molar-refractivity contribution in [1.29, 1.82) is 0 Å². The summed E-state index contributed by atoms with van der Waals surface area (Å²) in [7, 11) is 1.39. The SMILES string of the molecule is COC(=O)N1CC[C@@H](NC(=O)C2(Cc3ccccc3)CCC2)C1. The number of hydrogen-bond donors (Lipinski definition) is 1. The quantitative estimate of drug-likeness (QED) is 0.927. The minimum Gasteiger partial charge on any atom is -0.453 e. The first kappa shape index (κ1) is 15.8. The molecule has 124 valence electrons. The third kappa shape index (κ3) is 3.33. The van der Waals surface area contributed by atoms with Gasteiger partial charge in [0.25, 0.3) is 0 Å². The summed E-state index contributed by atoms with van der Waals surface area (Å²) in [4.78, 5) is 26.0. The number of amides is 2. The van der Waals surface area contributed by atoms with Crippen molar-refractivity contribution >= 4 is 12.0 Å². The predicted molar refractivity (Wildman–Crippen MR) is 87.0 cm³/mol. The van der Waals surface area contributed by atoms with Crippen LogP contribution in [0.4, 0.5) is 4.79 Å². The second-order valence-electron chi connectivity index (χ2n) is 6.67. The fourth-order valence-corrected chi connectivity index (χ4v) is 3.59. The van der Waals surface area contributed by atoms with Crippen molar-refractivity contribution in [2.24, 2.45) is 5.41 Å². The summed E-state index contributed by atoms with van der Waals surface area (Å²) >= 11 is 0. The molecule has 1 N–H and O–H groups in total. The zero-order chi connectivity index (χ0) is 16.3. The van der Waals surface area contributed by atoms with Gasteiger partial charge in [-0.2, -0.15) is 0 Å². The Labute approximate surface area is 137 Å². The molecule has 0 spiro atoms. The molecule has 1 aliphatic heterocycles. The monoisotopic (exact) mass is 316 g/mol. The molecule has 0 aromatic heterocycles. The van der Waals surface area contributed by atoms with Crippen LogP contribution in [0.3, 0.4) is 0 Å². The maximum absolute atomic E-state index is 12.8. The maximum atomic E-state index is 12.8. The number of hydrogen-bond acceptors (Lipinski definition) is 3. The third-order valence-electron chi connectivity index (χ3n) is 5.13. The van der Waals surface area contributed by atoms with Gasteiger partial charge in [0.05, 0.1) is 12.5 Å². The van der Waals surface area contributed by atoms with Crippen molar-refractivity contribution in [2.75, 3.05) is 20.2 Å². The van der Waals surface area contributed by atoms with E-state index in [4.69, 9.17) is 4.74 Å². The van der Waals surface area contributed by atoms with Crippen LogP contribution in [-0.2, 0) is 16.0 Å². The number of ether oxygens (including phenoxy) is 1. The lowest BCUT2D eigenvalue weighted by Crippen LogP contribution is -2.51. The Hall–Kier alpha value is -2.04. The molecule has 5 heteroatoms. The van der Waals surface area contributed by atoms with Gasteiger partial charge in [0.15, 0.2) is 0 Å². The first-order valence-electron chi connectivity index (χ1n) is 8.31. The molecule has 2 aliphatic rings. The Bertz CT molecular complexity index is 569. The highest BCUT2D eigenvalue weighted by Crippen LogP contribution is 2.44. The summed E-state index contributed by atoms with van der Waals surface area (Å²) in [6.45, 7) is 1.18. The zero-order valence-corrected chi connectivity index (χ0v) is 13.6. The molecule has 1 aromatic rings. The lowest BCUT2D eigenvalue weighted by atomic mass is 9.64. The molecule has 1 saturated carbocycles. The molecule has 2 fully saturated rings. The van der Waals surface area contributed by atoms with E-state index in [2.05, 4.69) is 17.4 Å². The van der Waals surface area contributed by atoms with Gasteiger partial charge in [-0.05, 0) is 31.2 Å². The van der Waals surface area contributed by atoms with E-state index in [0.717, 1.165) is 32.1 Å². The minimum absolute atomic E-state index is 0.0369. The molecular weight excluding hydrogens is 292 g/mol. The normalized spacial score (nSPS) is 22.3. The fourth-order valence-electron chi connectivity index (χ4n) is 3.59. The number of benzene rings is 1. The predicted octanol–water partition coefficient (Wildman–Crippen LogP) is 2.36.